The van der Waals surface area contributed by atoms with Crippen LogP contribution in [0.5, 0.6) is 0 Å². The first-order valence-corrected chi connectivity index (χ1v) is 22.3. The van der Waals surface area contributed by atoms with Gasteiger partial charge in [0.25, 0.3) is 0 Å². The minimum Gasteiger partial charge on any atom is -0.310 e. The molecule has 57 heavy (non-hydrogen) atoms. The number of nitrogens with zero attached hydrogens (tertiary/aromatic N) is 1. The fourth-order valence-electron chi connectivity index (χ4n) is 8.54. The number of fused-ring (bicyclic) bond motifs is 3. The summed E-state index contributed by atoms with van der Waals surface area (Å²) < 4.78 is 2.58. The molecule has 3 heteroatoms. The second-order valence-corrected chi connectivity index (χ2v) is 19.4. The maximum absolute atomic E-state index is 2.67. The summed E-state index contributed by atoms with van der Waals surface area (Å²) in [6.07, 6.45) is 0. The number of hydrogen-bond donors (Lipinski definition) is 0. The number of anilines is 3. The van der Waals surface area contributed by atoms with Gasteiger partial charge in [0, 0.05) is 37.2 Å². The van der Waals surface area contributed by atoms with Crippen LogP contribution in [0.3, 0.4) is 0 Å². The molecule has 0 aliphatic carbocycles. The number of rotatable bonds is 9. The lowest BCUT2D eigenvalue weighted by Gasteiger charge is -2.35. The Morgan fingerprint density at radius 2 is 0.684 bits per heavy atom. The Kier molecular flexibility index (Phi) is 9.15. The summed E-state index contributed by atoms with van der Waals surface area (Å²) in [5.41, 5.74) is 8.25. The van der Waals surface area contributed by atoms with E-state index in [1.54, 1.807) is 0 Å². The number of thiophene rings is 1. The second kappa shape index (κ2) is 15.0. The van der Waals surface area contributed by atoms with Crippen molar-refractivity contribution < 1.29 is 0 Å². The molecule has 9 aromatic carbocycles. The van der Waals surface area contributed by atoms with Crippen molar-refractivity contribution in [3.05, 3.63) is 237 Å². The largest absolute Gasteiger partial charge is 0.310 e. The van der Waals surface area contributed by atoms with Crippen LogP contribution in [-0.2, 0) is 0 Å². The van der Waals surface area contributed by atoms with Crippen LogP contribution in [0.25, 0.3) is 42.4 Å². The van der Waals surface area contributed by atoms with Gasteiger partial charge in [-0.3, -0.25) is 0 Å². The van der Waals surface area contributed by atoms with E-state index in [2.05, 4.69) is 241 Å². The smallest absolute Gasteiger partial charge is 0.179 e. The Morgan fingerprint density at radius 3 is 1.23 bits per heavy atom. The van der Waals surface area contributed by atoms with E-state index in [0.717, 1.165) is 17.1 Å². The molecule has 0 saturated heterocycles. The summed E-state index contributed by atoms with van der Waals surface area (Å²) in [5.74, 6) is 0. The Morgan fingerprint density at radius 1 is 0.281 bits per heavy atom. The number of benzene rings is 9. The van der Waals surface area contributed by atoms with E-state index >= 15 is 0 Å². The molecular weight excluding hydrogens is 723 g/mol. The van der Waals surface area contributed by atoms with Crippen molar-refractivity contribution in [2.75, 3.05) is 4.90 Å². The Hall–Kier alpha value is -6.78. The molecular formula is C54H39NSSi. The summed E-state index contributed by atoms with van der Waals surface area (Å²) in [6.45, 7) is 0. The second-order valence-electron chi connectivity index (χ2n) is 14.5. The molecule has 1 nitrogen and oxygen atoms in total. The summed E-state index contributed by atoms with van der Waals surface area (Å²) in [6, 6.07) is 87.0. The molecule has 0 amide bonds. The zero-order valence-corrected chi connectivity index (χ0v) is 33.2. The van der Waals surface area contributed by atoms with Crippen LogP contribution in [0.15, 0.2) is 237 Å². The average Bonchev–Trinajstić information content (AvgIpc) is 3.66. The van der Waals surface area contributed by atoms with Gasteiger partial charge in [0.1, 0.15) is 0 Å². The van der Waals surface area contributed by atoms with Gasteiger partial charge in [0.05, 0.1) is 0 Å². The molecule has 0 saturated carbocycles. The van der Waals surface area contributed by atoms with Gasteiger partial charge < -0.3 is 4.90 Å². The summed E-state index contributed by atoms with van der Waals surface area (Å²) in [5, 5.41) is 8.04. The minimum atomic E-state index is -2.67. The first kappa shape index (κ1) is 34.7. The molecule has 0 unspecified atom stereocenters. The summed E-state index contributed by atoms with van der Waals surface area (Å²) in [4.78, 5) is 2.42. The molecule has 10 aromatic rings. The van der Waals surface area contributed by atoms with Gasteiger partial charge >= 0.3 is 0 Å². The predicted molar refractivity (Wildman–Crippen MR) is 249 cm³/mol. The van der Waals surface area contributed by atoms with Crippen molar-refractivity contribution in [3.63, 3.8) is 0 Å². The van der Waals surface area contributed by atoms with Crippen LogP contribution in [0.4, 0.5) is 17.1 Å². The SMILES string of the molecule is c1ccc(-c2cccc(N(c3ccc([Si](c4ccccc4)(c4ccccc4)c4ccccc4)cc3)c3ccc4c(c3)sc3cc(-c5ccccc5)ccc34)c2)cc1. The van der Waals surface area contributed by atoms with Gasteiger partial charge in [0.15, 0.2) is 8.07 Å². The monoisotopic (exact) mass is 761 g/mol. The third kappa shape index (κ3) is 6.37. The highest BCUT2D eigenvalue weighted by atomic mass is 32.1. The molecule has 0 aliphatic heterocycles. The molecule has 0 fully saturated rings. The molecule has 0 radical (unpaired) electrons. The molecule has 10 rings (SSSR count). The molecule has 1 heterocycles. The first-order valence-electron chi connectivity index (χ1n) is 19.5. The quantitative estimate of drug-likeness (QED) is 0.105. The van der Waals surface area contributed by atoms with E-state index < -0.39 is 8.07 Å². The highest BCUT2D eigenvalue weighted by molar-refractivity contribution is 7.26. The lowest BCUT2D eigenvalue weighted by molar-refractivity contribution is 1.29. The normalized spacial score (nSPS) is 11.5. The average molecular weight is 762 g/mol. The van der Waals surface area contributed by atoms with E-state index in [1.807, 2.05) is 11.3 Å². The summed E-state index contributed by atoms with van der Waals surface area (Å²) in [7, 11) is -2.67. The van der Waals surface area contributed by atoms with Crippen molar-refractivity contribution in [1.29, 1.82) is 0 Å². The van der Waals surface area contributed by atoms with Gasteiger partial charge in [-0.1, -0.05) is 194 Å². The van der Waals surface area contributed by atoms with Crippen LogP contribution in [0, 0.1) is 0 Å². The molecule has 1 aromatic heterocycles. The van der Waals surface area contributed by atoms with E-state index in [0.29, 0.717) is 0 Å². The van der Waals surface area contributed by atoms with Crippen LogP contribution >= 0.6 is 11.3 Å². The zero-order chi connectivity index (χ0) is 38.0. The third-order valence-electron chi connectivity index (χ3n) is 11.2. The molecule has 0 spiro atoms. The van der Waals surface area contributed by atoms with E-state index in [1.165, 1.54) is 63.2 Å². The first-order chi connectivity index (χ1) is 28.3. The molecule has 270 valence electrons. The standard InChI is InChI=1S/C54H39NSSi/c1-6-17-40(18-7-1)42-21-16-22-45(37-42)55(46-32-36-52-51-35-29-43(41-19-8-2-9-20-41)38-53(51)56-54(52)39-46)44-30-33-50(34-31-44)57(47-23-10-3-11-24-47,48-25-12-4-13-26-48)49-27-14-5-15-28-49/h1-39H. The fourth-order valence-corrected chi connectivity index (χ4v) is 14.5. The maximum atomic E-state index is 2.42. The number of hydrogen-bond acceptors (Lipinski definition) is 2. The predicted octanol–water partition coefficient (Wildman–Crippen LogP) is 12.2. The lowest BCUT2D eigenvalue weighted by Crippen LogP contribution is -2.74. The topological polar surface area (TPSA) is 3.24 Å². The fraction of sp³-hybridized carbons (Fsp3) is 0. The van der Waals surface area contributed by atoms with Gasteiger partial charge in [-0.25, -0.2) is 0 Å². The minimum absolute atomic E-state index is 1.12. The Bertz CT molecular complexity index is 2830. The highest BCUT2D eigenvalue weighted by Crippen LogP contribution is 2.42. The summed E-state index contributed by atoms with van der Waals surface area (Å²) >= 11 is 1.87. The third-order valence-corrected chi connectivity index (χ3v) is 17.1. The van der Waals surface area contributed by atoms with Gasteiger partial charge in [0.2, 0.25) is 0 Å². The van der Waals surface area contributed by atoms with Crippen LogP contribution in [0.2, 0.25) is 0 Å². The molecule has 0 N–H and O–H groups in total. The zero-order valence-electron chi connectivity index (χ0n) is 31.4. The van der Waals surface area contributed by atoms with Gasteiger partial charge in [-0.2, -0.15) is 0 Å². The van der Waals surface area contributed by atoms with Crippen LogP contribution < -0.4 is 25.6 Å². The van der Waals surface area contributed by atoms with Crippen molar-refractivity contribution in [3.8, 4) is 22.3 Å². The van der Waals surface area contributed by atoms with Crippen molar-refractivity contribution in [2.45, 2.75) is 0 Å². The lowest BCUT2D eigenvalue weighted by atomic mass is 10.0. The Labute approximate surface area is 339 Å². The maximum Gasteiger partial charge on any atom is 0.179 e. The molecule has 0 bridgehead atoms. The van der Waals surface area contributed by atoms with Crippen LogP contribution in [-0.4, -0.2) is 8.07 Å². The highest BCUT2D eigenvalue weighted by Gasteiger charge is 2.41. The van der Waals surface area contributed by atoms with Crippen molar-refractivity contribution in [2.24, 2.45) is 0 Å². The van der Waals surface area contributed by atoms with E-state index in [4.69, 9.17) is 0 Å². The van der Waals surface area contributed by atoms with Crippen molar-refractivity contribution in [1.82, 2.24) is 0 Å². The molecule has 0 atom stereocenters. The Balaban J connectivity index is 1.14. The van der Waals surface area contributed by atoms with Gasteiger partial charge in [-0.15, -0.1) is 11.3 Å². The van der Waals surface area contributed by atoms with E-state index in [9.17, 15) is 0 Å². The molecule has 0 aliphatic rings. The van der Waals surface area contributed by atoms with E-state index in [-0.39, 0.29) is 0 Å². The van der Waals surface area contributed by atoms with Gasteiger partial charge in [-0.05, 0) is 85.5 Å². The van der Waals surface area contributed by atoms with Crippen LogP contribution in [0.1, 0.15) is 0 Å². The van der Waals surface area contributed by atoms with Crippen molar-refractivity contribution >= 4 is 77.4 Å².